The number of para-hydroxylation sites is 1. The lowest BCUT2D eigenvalue weighted by atomic mass is 10.0. The summed E-state index contributed by atoms with van der Waals surface area (Å²) in [6.07, 6.45) is 1.51. The Kier molecular flexibility index (Phi) is 6.06. The van der Waals surface area contributed by atoms with E-state index in [0.717, 1.165) is 24.0 Å². The molecule has 130 valence electrons. The maximum absolute atomic E-state index is 12.3. The maximum Gasteiger partial charge on any atom is 0.314 e. The van der Waals surface area contributed by atoms with E-state index in [0.29, 0.717) is 16.9 Å². The quantitative estimate of drug-likeness (QED) is 0.646. The average molecular weight is 338 g/mol. The zero-order valence-electron chi connectivity index (χ0n) is 14.7. The van der Waals surface area contributed by atoms with Crippen LogP contribution in [0.5, 0.6) is 0 Å². The highest BCUT2D eigenvalue weighted by Crippen LogP contribution is 2.22. The second-order valence-electron chi connectivity index (χ2n) is 5.70. The number of hydrogen-bond acceptors (Lipinski definition) is 3. The fourth-order valence-corrected chi connectivity index (χ4v) is 2.58. The number of aryl methyl sites for hydroxylation is 2. The molecule has 0 unspecified atom stereocenters. The largest absolute Gasteiger partial charge is 0.318 e. The summed E-state index contributed by atoms with van der Waals surface area (Å²) in [6.45, 7) is 5.44. The normalized spacial score (nSPS) is 10.2. The Labute approximate surface area is 147 Å². The lowest BCUT2D eigenvalue weighted by Crippen LogP contribution is -2.30. The summed E-state index contributed by atoms with van der Waals surface area (Å²) in [5, 5.41) is 5.25. The third-order valence-corrected chi connectivity index (χ3v) is 3.97. The van der Waals surface area contributed by atoms with E-state index in [1.165, 1.54) is 6.92 Å². The van der Waals surface area contributed by atoms with E-state index >= 15 is 0 Å². The van der Waals surface area contributed by atoms with Crippen molar-refractivity contribution in [2.45, 2.75) is 33.6 Å². The maximum atomic E-state index is 12.3. The van der Waals surface area contributed by atoms with Crippen molar-refractivity contribution < 1.29 is 14.4 Å². The van der Waals surface area contributed by atoms with Gasteiger partial charge >= 0.3 is 11.8 Å². The van der Waals surface area contributed by atoms with Crippen LogP contribution in [-0.4, -0.2) is 17.6 Å². The van der Waals surface area contributed by atoms with Gasteiger partial charge in [0.05, 0.1) is 0 Å². The Hall–Kier alpha value is -2.95. The monoisotopic (exact) mass is 338 g/mol. The Morgan fingerprint density at radius 2 is 1.40 bits per heavy atom. The Bertz CT molecular complexity index is 790. The molecule has 0 aliphatic heterocycles. The topological polar surface area (TPSA) is 75.3 Å². The molecule has 0 saturated carbocycles. The van der Waals surface area contributed by atoms with Crippen LogP contribution in [0, 0.1) is 0 Å². The fraction of sp³-hybridized carbons (Fsp3) is 0.250. The standard InChI is InChI=1S/C20H22N2O3/c1-4-14-8-6-9-15(5-2)18(14)22-20(25)19(24)21-17-11-7-10-16(12-17)13(3)23/h6-12H,4-5H2,1-3H3,(H,21,24)(H,22,25). The van der Waals surface area contributed by atoms with Crippen LogP contribution in [0.25, 0.3) is 0 Å². The summed E-state index contributed by atoms with van der Waals surface area (Å²) < 4.78 is 0. The molecule has 0 fully saturated rings. The van der Waals surface area contributed by atoms with E-state index < -0.39 is 11.8 Å². The van der Waals surface area contributed by atoms with Gasteiger partial charge in [-0.1, -0.05) is 44.2 Å². The van der Waals surface area contributed by atoms with Gasteiger partial charge in [0, 0.05) is 16.9 Å². The van der Waals surface area contributed by atoms with Crippen molar-refractivity contribution in [1.82, 2.24) is 0 Å². The molecule has 2 aromatic carbocycles. The first-order valence-electron chi connectivity index (χ1n) is 8.30. The van der Waals surface area contributed by atoms with Crippen LogP contribution < -0.4 is 10.6 Å². The van der Waals surface area contributed by atoms with Crippen LogP contribution in [0.4, 0.5) is 11.4 Å². The van der Waals surface area contributed by atoms with Crippen molar-refractivity contribution in [1.29, 1.82) is 0 Å². The Morgan fingerprint density at radius 1 is 0.840 bits per heavy atom. The molecule has 0 bridgehead atoms. The molecule has 0 aliphatic rings. The molecule has 0 aromatic heterocycles. The summed E-state index contributed by atoms with van der Waals surface area (Å²) in [5.41, 5.74) is 3.55. The zero-order valence-corrected chi connectivity index (χ0v) is 14.7. The molecular weight excluding hydrogens is 316 g/mol. The molecular formula is C20H22N2O3. The number of anilines is 2. The Balaban J connectivity index is 2.15. The average Bonchev–Trinajstić information content (AvgIpc) is 2.61. The van der Waals surface area contributed by atoms with E-state index in [1.54, 1.807) is 24.3 Å². The molecule has 0 saturated heterocycles. The van der Waals surface area contributed by atoms with Crippen molar-refractivity contribution in [3.8, 4) is 0 Å². The molecule has 2 amide bonds. The SMILES string of the molecule is CCc1cccc(CC)c1NC(=O)C(=O)Nc1cccc(C(C)=O)c1. The number of nitrogens with one attached hydrogen (secondary N) is 2. The number of hydrogen-bond donors (Lipinski definition) is 2. The third kappa shape index (κ3) is 4.53. The van der Waals surface area contributed by atoms with E-state index in [2.05, 4.69) is 10.6 Å². The third-order valence-electron chi connectivity index (χ3n) is 3.97. The summed E-state index contributed by atoms with van der Waals surface area (Å²) in [5.74, 6) is -1.61. The predicted molar refractivity (Wildman–Crippen MR) is 98.9 cm³/mol. The number of carbonyl (C=O) groups excluding carboxylic acids is 3. The van der Waals surface area contributed by atoms with Crippen molar-refractivity contribution in [3.05, 3.63) is 59.2 Å². The van der Waals surface area contributed by atoms with Gasteiger partial charge in [-0.2, -0.15) is 0 Å². The summed E-state index contributed by atoms with van der Waals surface area (Å²) in [4.78, 5) is 35.9. The number of rotatable bonds is 5. The van der Waals surface area contributed by atoms with Gasteiger partial charge in [0.1, 0.15) is 0 Å². The van der Waals surface area contributed by atoms with Crippen LogP contribution in [0.15, 0.2) is 42.5 Å². The highest BCUT2D eigenvalue weighted by atomic mass is 16.2. The second-order valence-corrected chi connectivity index (χ2v) is 5.70. The van der Waals surface area contributed by atoms with Gasteiger partial charge in [0.15, 0.2) is 5.78 Å². The van der Waals surface area contributed by atoms with Crippen molar-refractivity contribution in [2.24, 2.45) is 0 Å². The number of benzene rings is 2. The van der Waals surface area contributed by atoms with Gasteiger partial charge in [0.2, 0.25) is 0 Å². The minimum atomic E-state index is -0.770. The minimum Gasteiger partial charge on any atom is -0.318 e. The number of carbonyl (C=O) groups is 3. The van der Waals surface area contributed by atoms with Crippen LogP contribution in [0.3, 0.4) is 0 Å². The van der Waals surface area contributed by atoms with Gasteiger partial charge in [-0.3, -0.25) is 14.4 Å². The molecule has 2 aromatic rings. The van der Waals surface area contributed by atoms with Crippen LogP contribution >= 0.6 is 0 Å². The first-order chi connectivity index (χ1) is 12.0. The van der Waals surface area contributed by atoms with E-state index in [9.17, 15) is 14.4 Å². The van der Waals surface area contributed by atoms with E-state index in [-0.39, 0.29) is 5.78 Å². The van der Waals surface area contributed by atoms with Crippen molar-refractivity contribution >= 4 is 29.0 Å². The van der Waals surface area contributed by atoms with Gasteiger partial charge in [-0.05, 0) is 43.0 Å². The summed E-state index contributed by atoms with van der Waals surface area (Å²) in [7, 11) is 0. The predicted octanol–water partition coefficient (Wildman–Crippen LogP) is 3.59. The molecule has 5 heteroatoms. The highest BCUT2D eigenvalue weighted by Gasteiger charge is 2.17. The molecule has 0 radical (unpaired) electrons. The first-order valence-corrected chi connectivity index (χ1v) is 8.30. The molecule has 0 aliphatic carbocycles. The minimum absolute atomic E-state index is 0.106. The molecule has 5 nitrogen and oxygen atoms in total. The molecule has 2 N–H and O–H groups in total. The van der Waals surface area contributed by atoms with Crippen LogP contribution in [0.1, 0.15) is 42.3 Å². The number of ketones is 1. The number of Topliss-reactive ketones (excluding diaryl/α,β-unsaturated/α-hetero) is 1. The van der Waals surface area contributed by atoms with E-state index in [4.69, 9.17) is 0 Å². The fourth-order valence-electron chi connectivity index (χ4n) is 2.58. The summed E-state index contributed by atoms with van der Waals surface area (Å²) >= 11 is 0. The van der Waals surface area contributed by atoms with Crippen molar-refractivity contribution in [3.63, 3.8) is 0 Å². The zero-order chi connectivity index (χ0) is 18.4. The smallest absolute Gasteiger partial charge is 0.314 e. The van der Waals surface area contributed by atoms with Gasteiger partial charge in [0.25, 0.3) is 0 Å². The lowest BCUT2D eigenvalue weighted by molar-refractivity contribution is -0.133. The van der Waals surface area contributed by atoms with Crippen LogP contribution in [0.2, 0.25) is 0 Å². The molecule has 0 atom stereocenters. The number of amides is 2. The molecule has 0 spiro atoms. The Morgan fingerprint density at radius 3 is 1.96 bits per heavy atom. The van der Waals surface area contributed by atoms with Crippen LogP contribution in [-0.2, 0) is 22.4 Å². The molecule has 25 heavy (non-hydrogen) atoms. The summed E-state index contributed by atoms with van der Waals surface area (Å²) in [6, 6.07) is 12.3. The van der Waals surface area contributed by atoms with Gasteiger partial charge < -0.3 is 10.6 Å². The molecule has 2 rings (SSSR count). The van der Waals surface area contributed by atoms with Crippen molar-refractivity contribution in [2.75, 3.05) is 10.6 Å². The van der Waals surface area contributed by atoms with E-state index in [1.807, 2.05) is 32.0 Å². The highest BCUT2D eigenvalue weighted by molar-refractivity contribution is 6.43. The van der Waals surface area contributed by atoms with Gasteiger partial charge in [-0.25, -0.2) is 0 Å². The lowest BCUT2D eigenvalue weighted by Gasteiger charge is -2.14. The molecule has 0 heterocycles. The van der Waals surface area contributed by atoms with Gasteiger partial charge in [-0.15, -0.1) is 0 Å². The first kappa shape index (κ1) is 18.4. The second kappa shape index (κ2) is 8.24.